The SMILES string of the molecule is CCCCC=CCCCCC(CCC)CCCCCCCCC. The van der Waals surface area contributed by atoms with E-state index in [2.05, 4.69) is 32.9 Å². The van der Waals surface area contributed by atoms with Crippen molar-refractivity contribution in [1.29, 1.82) is 0 Å². The molecule has 0 aromatic heterocycles. The van der Waals surface area contributed by atoms with Crippen molar-refractivity contribution in [2.24, 2.45) is 5.92 Å². The third kappa shape index (κ3) is 17.9. The smallest absolute Gasteiger partial charge is 0.0351 e. The van der Waals surface area contributed by atoms with Crippen LogP contribution in [0.4, 0.5) is 0 Å². The maximum atomic E-state index is 2.42. The molecule has 0 rings (SSSR count). The number of hydrogen-bond donors (Lipinski definition) is 0. The van der Waals surface area contributed by atoms with E-state index in [9.17, 15) is 0 Å². The summed E-state index contributed by atoms with van der Waals surface area (Å²) in [6.07, 6.45) is 28.9. The zero-order chi connectivity index (χ0) is 17.0. The summed E-state index contributed by atoms with van der Waals surface area (Å²) >= 11 is 0. The summed E-state index contributed by atoms with van der Waals surface area (Å²) in [5, 5.41) is 0. The van der Waals surface area contributed by atoms with E-state index < -0.39 is 0 Å². The van der Waals surface area contributed by atoms with Crippen molar-refractivity contribution in [3.63, 3.8) is 0 Å². The Morgan fingerprint density at radius 1 is 0.478 bits per heavy atom. The van der Waals surface area contributed by atoms with Gasteiger partial charge in [-0.25, -0.2) is 0 Å². The molecular formula is C23H46. The second kappa shape index (κ2) is 19.8. The first kappa shape index (κ1) is 22.7. The third-order valence-corrected chi connectivity index (χ3v) is 5.04. The van der Waals surface area contributed by atoms with Crippen LogP contribution in [0.2, 0.25) is 0 Å². The van der Waals surface area contributed by atoms with Crippen molar-refractivity contribution in [3.05, 3.63) is 12.2 Å². The summed E-state index contributed by atoms with van der Waals surface area (Å²) in [7, 11) is 0. The first-order valence-corrected chi connectivity index (χ1v) is 11.0. The first-order chi connectivity index (χ1) is 11.3. The molecule has 0 aromatic rings. The molecule has 0 aliphatic carbocycles. The van der Waals surface area contributed by atoms with Gasteiger partial charge < -0.3 is 0 Å². The van der Waals surface area contributed by atoms with Crippen LogP contribution in [0.3, 0.4) is 0 Å². The molecule has 0 N–H and O–H groups in total. The van der Waals surface area contributed by atoms with Gasteiger partial charge in [0, 0.05) is 0 Å². The molecule has 0 amide bonds. The van der Waals surface area contributed by atoms with Crippen LogP contribution in [0, 0.1) is 5.92 Å². The highest BCUT2D eigenvalue weighted by Crippen LogP contribution is 2.22. The van der Waals surface area contributed by atoms with Crippen LogP contribution in [-0.2, 0) is 0 Å². The number of allylic oxidation sites excluding steroid dienone is 2. The molecule has 0 heterocycles. The van der Waals surface area contributed by atoms with Gasteiger partial charge in [-0.05, 0) is 25.2 Å². The molecule has 0 nitrogen and oxygen atoms in total. The molecule has 0 fully saturated rings. The summed E-state index contributed by atoms with van der Waals surface area (Å²) in [6, 6.07) is 0. The number of unbranched alkanes of at least 4 members (excludes halogenated alkanes) is 10. The van der Waals surface area contributed by atoms with E-state index in [1.54, 1.807) is 0 Å². The van der Waals surface area contributed by atoms with Gasteiger partial charge in [0.25, 0.3) is 0 Å². The van der Waals surface area contributed by atoms with E-state index in [4.69, 9.17) is 0 Å². The molecular weight excluding hydrogens is 276 g/mol. The lowest BCUT2D eigenvalue weighted by atomic mass is 9.91. The van der Waals surface area contributed by atoms with Gasteiger partial charge in [0.15, 0.2) is 0 Å². The van der Waals surface area contributed by atoms with Crippen molar-refractivity contribution >= 4 is 0 Å². The Hall–Kier alpha value is -0.260. The molecule has 0 saturated heterocycles. The molecule has 1 atom stereocenters. The highest BCUT2D eigenvalue weighted by molar-refractivity contribution is 4.81. The van der Waals surface area contributed by atoms with Gasteiger partial charge in [-0.2, -0.15) is 0 Å². The lowest BCUT2D eigenvalue weighted by Gasteiger charge is -2.15. The fraction of sp³-hybridized carbons (Fsp3) is 0.913. The van der Waals surface area contributed by atoms with E-state index in [0.29, 0.717) is 0 Å². The van der Waals surface area contributed by atoms with Gasteiger partial charge in [0.05, 0.1) is 0 Å². The molecule has 1 unspecified atom stereocenters. The van der Waals surface area contributed by atoms with Gasteiger partial charge in [-0.15, -0.1) is 0 Å². The second-order valence-electron chi connectivity index (χ2n) is 7.46. The van der Waals surface area contributed by atoms with Gasteiger partial charge in [0.1, 0.15) is 0 Å². The molecule has 0 radical (unpaired) electrons. The highest BCUT2D eigenvalue weighted by Gasteiger charge is 2.07. The maximum Gasteiger partial charge on any atom is -0.0351 e. The van der Waals surface area contributed by atoms with E-state index in [-0.39, 0.29) is 0 Å². The zero-order valence-electron chi connectivity index (χ0n) is 16.8. The Bertz CT molecular complexity index is 228. The predicted molar refractivity (Wildman–Crippen MR) is 108 cm³/mol. The Balaban J connectivity index is 3.52. The molecule has 0 aliphatic heterocycles. The molecule has 0 spiro atoms. The van der Waals surface area contributed by atoms with Crippen LogP contribution in [0.1, 0.15) is 130 Å². The lowest BCUT2D eigenvalue weighted by Crippen LogP contribution is -2.00. The van der Waals surface area contributed by atoms with Gasteiger partial charge in [0.2, 0.25) is 0 Å². The van der Waals surface area contributed by atoms with Gasteiger partial charge in [-0.1, -0.05) is 123 Å². The Morgan fingerprint density at radius 3 is 1.61 bits per heavy atom. The minimum atomic E-state index is 1.01. The summed E-state index contributed by atoms with van der Waals surface area (Å²) in [6.45, 7) is 6.93. The van der Waals surface area contributed by atoms with Crippen LogP contribution in [0.5, 0.6) is 0 Å². The van der Waals surface area contributed by atoms with Crippen molar-refractivity contribution in [2.45, 2.75) is 130 Å². The molecule has 138 valence electrons. The standard InChI is InChI=1S/C23H46/c1-4-7-9-11-13-15-17-19-22-23(20-6-3)21-18-16-14-12-10-8-5-2/h11,13,23H,4-10,12,14-22H2,1-3H3. The van der Waals surface area contributed by atoms with E-state index in [0.717, 1.165) is 5.92 Å². The Morgan fingerprint density at radius 2 is 1.00 bits per heavy atom. The van der Waals surface area contributed by atoms with E-state index in [1.807, 2.05) is 0 Å². The zero-order valence-corrected chi connectivity index (χ0v) is 16.8. The van der Waals surface area contributed by atoms with E-state index >= 15 is 0 Å². The number of hydrogen-bond acceptors (Lipinski definition) is 0. The maximum absolute atomic E-state index is 2.42. The summed E-state index contributed by atoms with van der Waals surface area (Å²) in [5.41, 5.74) is 0. The summed E-state index contributed by atoms with van der Waals surface area (Å²) < 4.78 is 0. The summed E-state index contributed by atoms with van der Waals surface area (Å²) in [5.74, 6) is 1.01. The minimum absolute atomic E-state index is 1.01. The lowest BCUT2D eigenvalue weighted by molar-refractivity contribution is 0.381. The minimum Gasteiger partial charge on any atom is -0.0885 e. The molecule has 0 saturated carbocycles. The molecule has 0 aromatic carbocycles. The van der Waals surface area contributed by atoms with Crippen molar-refractivity contribution in [3.8, 4) is 0 Å². The Kier molecular flexibility index (Phi) is 19.6. The normalized spacial score (nSPS) is 13.0. The van der Waals surface area contributed by atoms with Crippen LogP contribution in [0.25, 0.3) is 0 Å². The Labute approximate surface area is 148 Å². The third-order valence-electron chi connectivity index (χ3n) is 5.04. The first-order valence-electron chi connectivity index (χ1n) is 11.0. The van der Waals surface area contributed by atoms with Crippen LogP contribution < -0.4 is 0 Å². The van der Waals surface area contributed by atoms with Crippen LogP contribution in [-0.4, -0.2) is 0 Å². The summed E-state index contributed by atoms with van der Waals surface area (Å²) in [4.78, 5) is 0. The highest BCUT2D eigenvalue weighted by atomic mass is 14.1. The average Bonchev–Trinajstić information content (AvgIpc) is 2.56. The fourth-order valence-corrected chi connectivity index (χ4v) is 3.48. The van der Waals surface area contributed by atoms with E-state index in [1.165, 1.54) is 109 Å². The quantitative estimate of drug-likeness (QED) is 0.174. The molecule has 0 aliphatic rings. The molecule has 23 heavy (non-hydrogen) atoms. The molecule has 0 bridgehead atoms. The van der Waals surface area contributed by atoms with Gasteiger partial charge >= 0.3 is 0 Å². The average molecular weight is 323 g/mol. The number of rotatable bonds is 18. The fourth-order valence-electron chi connectivity index (χ4n) is 3.48. The van der Waals surface area contributed by atoms with Crippen LogP contribution in [0.15, 0.2) is 12.2 Å². The van der Waals surface area contributed by atoms with Crippen molar-refractivity contribution in [1.82, 2.24) is 0 Å². The van der Waals surface area contributed by atoms with Crippen molar-refractivity contribution in [2.75, 3.05) is 0 Å². The van der Waals surface area contributed by atoms with Crippen molar-refractivity contribution < 1.29 is 0 Å². The van der Waals surface area contributed by atoms with Crippen LogP contribution >= 0.6 is 0 Å². The largest absolute Gasteiger partial charge is 0.0885 e. The molecule has 0 heteroatoms. The second-order valence-corrected chi connectivity index (χ2v) is 7.46. The monoisotopic (exact) mass is 322 g/mol. The topological polar surface area (TPSA) is 0 Å². The predicted octanol–water partition coefficient (Wildman–Crippen LogP) is 8.85. The van der Waals surface area contributed by atoms with Gasteiger partial charge in [-0.3, -0.25) is 0 Å².